The smallest absolute Gasteiger partial charge is 0.128 e. The standard InChI is InChI=1S/C36H44N4O4/c1-37-17-21-39(25-27-9-7-13-31(35(27)43)29-11-3-5-15-33(29)41)23-19-38(2)20-24-40(22-18-37)26-28-10-8-14-32(36(28)44)30-12-4-6-16-34(30)42/h3-16,41-44H,17-26H2,1-2H3. The molecule has 1 saturated heterocycles. The van der Waals surface area contributed by atoms with Gasteiger partial charge in [0.15, 0.2) is 0 Å². The minimum atomic E-state index is 0.155. The number of likely N-dealkylation sites (N-methyl/N-ethyl adjacent to an activating group) is 2. The lowest BCUT2D eigenvalue weighted by Gasteiger charge is -2.32. The second kappa shape index (κ2) is 14.6. The van der Waals surface area contributed by atoms with Crippen molar-refractivity contribution in [1.82, 2.24) is 19.6 Å². The van der Waals surface area contributed by atoms with Gasteiger partial charge in [-0.2, -0.15) is 0 Å². The summed E-state index contributed by atoms with van der Waals surface area (Å²) in [5.74, 6) is 0.739. The highest BCUT2D eigenvalue weighted by Gasteiger charge is 2.19. The fourth-order valence-electron chi connectivity index (χ4n) is 5.77. The van der Waals surface area contributed by atoms with Crippen LogP contribution < -0.4 is 0 Å². The van der Waals surface area contributed by atoms with Gasteiger partial charge in [-0.3, -0.25) is 9.80 Å². The number of phenolic OH excluding ortho intramolecular Hbond substituents is 4. The molecule has 44 heavy (non-hydrogen) atoms. The molecule has 4 aromatic rings. The zero-order valence-corrected chi connectivity index (χ0v) is 25.7. The summed E-state index contributed by atoms with van der Waals surface area (Å²) in [6.07, 6.45) is 0. The van der Waals surface area contributed by atoms with Crippen molar-refractivity contribution >= 4 is 0 Å². The number of para-hydroxylation sites is 4. The van der Waals surface area contributed by atoms with E-state index >= 15 is 0 Å². The highest BCUT2D eigenvalue weighted by molar-refractivity contribution is 5.77. The van der Waals surface area contributed by atoms with Crippen molar-refractivity contribution in [1.29, 1.82) is 0 Å². The predicted molar refractivity (Wildman–Crippen MR) is 176 cm³/mol. The molecular formula is C36H44N4O4. The van der Waals surface area contributed by atoms with Crippen LogP contribution in [0.4, 0.5) is 0 Å². The molecule has 0 radical (unpaired) electrons. The molecular weight excluding hydrogens is 552 g/mol. The van der Waals surface area contributed by atoms with Crippen LogP contribution in [0.25, 0.3) is 22.3 Å². The van der Waals surface area contributed by atoms with Gasteiger partial charge < -0.3 is 30.2 Å². The Hall–Kier alpha value is -4.08. The molecule has 232 valence electrons. The van der Waals surface area contributed by atoms with Gasteiger partial charge in [0.1, 0.15) is 23.0 Å². The molecule has 8 heteroatoms. The summed E-state index contributed by atoms with van der Waals surface area (Å²) in [5, 5.41) is 43.1. The second-order valence-electron chi connectivity index (χ2n) is 11.8. The van der Waals surface area contributed by atoms with Gasteiger partial charge in [-0.15, -0.1) is 0 Å². The fraction of sp³-hybridized carbons (Fsp3) is 0.333. The molecule has 1 aliphatic rings. The summed E-state index contributed by atoms with van der Waals surface area (Å²) < 4.78 is 0. The lowest BCUT2D eigenvalue weighted by Crippen LogP contribution is -2.43. The van der Waals surface area contributed by atoms with Crippen LogP contribution in [0.2, 0.25) is 0 Å². The van der Waals surface area contributed by atoms with E-state index in [0.717, 1.165) is 63.5 Å². The summed E-state index contributed by atoms with van der Waals surface area (Å²) in [4.78, 5) is 9.45. The maximum absolute atomic E-state index is 11.2. The number of aromatic hydroxyl groups is 4. The summed E-state index contributed by atoms with van der Waals surface area (Å²) >= 11 is 0. The van der Waals surface area contributed by atoms with E-state index in [-0.39, 0.29) is 23.0 Å². The molecule has 0 atom stereocenters. The highest BCUT2D eigenvalue weighted by atomic mass is 16.3. The van der Waals surface area contributed by atoms with Gasteiger partial charge >= 0.3 is 0 Å². The van der Waals surface area contributed by atoms with E-state index in [4.69, 9.17) is 0 Å². The fourth-order valence-corrected chi connectivity index (χ4v) is 5.77. The lowest BCUT2D eigenvalue weighted by atomic mass is 10.00. The van der Waals surface area contributed by atoms with E-state index in [1.165, 1.54) is 0 Å². The Balaban J connectivity index is 1.25. The quantitative estimate of drug-likeness (QED) is 0.247. The van der Waals surface area contributed by atoms with E-state index in [1.807, 2.05) is 60.7 Å². The Morgan fingerprint density at radius 1 is 0.432 bits per heavy atom. The number of nitrogens with zero attached hydrogens (tertiary/aromatic N) is 4. The van der Waals surface area contributed by atoms with Crippen molar-refractivity contribution in [2.24, 2.45) is 0 Å². The molecule has 1 aliphatic heterocycles. The molecule has 8 nitrogen and oxygen atoms in total. The number of phenols is 4. The van der Waals surface area contributed by atoms with Crippen molar-refractivity contribution in [3.05, 3.63) is 96.1 Å². The summed E-state index contributed by atoms with van der Waals surface area (Å²) in [7, 11) is 4.28. The zero-order valence-electron chi connectivity index (χ0n) is 25.7. The van der Waals surface area contributed by atoms with Gasteiger partial charge in [-0.05, 0) is 26.2 Å². The third-order valence-corrected chi connectivity index (χ3v) is 8.61. The summed E-state index contributed by atoms with van der Waals surface area (Å²) in [5.41, 5.74) is 4.23. The lowest BCUT2D eigenvalue weighted by molar-refractivity contribution is 0.147. The van der Waals surface area contributed by atoms with Crippen molar-refractivity contribution in [2.45, 2.75) is 13.1 Å². The molecule has 4 N–H and O–H groups in total. The normalized spacial score (nSPS) is 16.8. The largest absolute Gasteiger partial charge is 0.507 e. The topological polar surface area (TPSA) is 93.9 Å². The minimum absolute atomic E-state index is 0.155. The average molecular weight is 597 g/mol. The molecule has 0 spiro atoms. The molecule has 1 heterocycles. The molecule has 0 unspecified atom stereocenters. The summed E-state index contributed by atoms with van der Waals surface area (Å²) in [6, 6.07) is 25.7. The first-order valence-corrected chi connectivity index (χ1v) is 15.3. The van der Waals surface area contributed by atoms with Crippen molar-refractivity contribution in [3.8, 4) is 45.3 Å². The van der Waals surface area contributed by atoms with Crippen LogP contribution in [-0.4, -0.2) is 106 Å². The number of rotatable bonds is 6. The summed E-state index contributed by atoms with van der Waals surface area (Å²) in [6.45, 7) is 8.18. The van der Waals surface area contributed by atoms with Gasteiger partial charge in [0.05, 0.1) is 0 Å². The number of hydrogen-bond donors (Lipinski definition) is 4. The van der Waals surface area contributed by atoms with Crippen LogP contribution in [-0.2, 0) is 13.1 Å². The first kappa shape index (κ1) is 31.3. The van der Waals surface area contributed by atoms with Crippen LogP contribution in [0.3, 0.4) is 0 Å². The van der Waals surface area contributed by atoms with Crippen molar-refractivity contribution < 1.29 is 20.4 Å². The van der Waals surface area contributed by atoms with E-state index in [1.54, 1.807) is 24.3 Å². The minimum Gasteiger partial charge on any atom is -0.507 e. The van der Waals surface area contributed by atoms with Gasteiger partial charge in [0.2, 0.25) is 0 Å². The molecule has 0 bridgehead atoms. The molecule has 0 amide bonds. The highest BCUT2D eigenvalue weighted by Crippen LogP contribution is 2.38. The average Bonchev–Trinajstić information content (AvgIpc) is 3.02. The molecule has 1 fully saturated rings. The van der Waals surface area contributed by atoms with Crippen LogP contribution >= 0.6 is 0 Å². The SMILES string of the molecule is CN1CCN(Cc2cccc(-c3ccccc3O)c2O)CCN(C)CCN(Cc2cccc(-c3ccccc3O)c2O)CC1. The van der Waals surface area contributed by atoms with Gasteiger partial charge in [0, 0.05) is 98.8 Å². The maximum Gasteiger partial charge on any atom is 0.128 e. The Morgan fingerprint density at radius 2 is 0.773 bits per heavy atom. The molecule has 0 saturated carbocycles. The van der Waals surface area contributed by atoms with Gasteiger partial charge in [-0.25, -0.2) is 0 Å². The molecule has 0 aliphatic carbocycles. The predicted octanol–water partition coefficient (Wildman–Crippen LogP) is 5.02. The van der Waals surface area contributed by atoms with Crippen LogP contribution in [0.5, 0.6) is 23.0 Å². The van der Waals surface area contributed by atoms with E-state index in [0.29, 0.717) is 35.3 Å². The number of hydrogen-bond acceptors (Lipinski definition) is 8. The Kier molecular flexibility index (Phi) is 10.4. The third kappa shape index (κ3) is 7.70. The van der Waals surface area contributed by atoms with E-state index < -0.39 is 0 Å². The van der Waals surface area contributed by atoms with Crippen LogP contribution in [0.15, 0.2) is 84.9 Å². The van der Waals surface area contributed by atoms with Crippen molar-refractivity contribution in [3.63, 3.8) is 0 Å². The second-order valence-corrected chi connectivity index (χ2v) is 11.8. The third-order valence-electron chi connectivity index (χ3n) is 8.61. The molecule has 4 aromatic carbocycles. The van der Waals surface area contributed by atoms with E-state index in [2.05, 4.69) is 33.7 Å². The maximum atomic E-state index is 11.2. The Morgan fingerprint density at radius 3 is 1.14 bits per heavy atom. The van der Waals surface area contributed by atoms with Crippen LogP contribution in [0, 0.1) is 0 Å². The first-order chi connectivity index (χ1) is 21.3. The molecule has 0 aromatic heterocycles. The zero-order chi connectivity index (χ0) is 31.1. The Bertz CT molecular complexity index is 1410. The monoisotopic (exact) mass is 596 g/mol. The first-order valence-electron chi connectivity index (χ1n) is 15.3. The van der Waals surface area contributed by atoms with Gasteiger partial charge in [0.25, 0.3) is 0 Å². The Labute approximate surface area is 260 Å². The van der Waals surface area contributed by atoms with Gasteiger partial charge in [-0.1, -0.05) is 72.8 Å². The van der Waals surface area contributed by atoms with Crippen LogP contribution in [0.1, 0.15) is 11.1 Å². The number of benzene rings is 4. The molecule has 5 rings (SSSR count). The van der Waals surface area contributed by atoms with E-state index in [9.17, 15) is 20.4 Å². The van der Waals surface area contributed by atoms with Crippen molar-refractivity contribution in [2.75, 3.05) is 66.5 Å².